The normalized spacial score (nSPS) is 12.9. The second-order valence-electron chi connectivity index (χ2n) is 14.9. The first kappa shape index (κ1) is 54.3. The molecular weight excluding hydrogens is 721 g/mol. The highest BCUT2D eigenvalue weighted by molar-refractivity contribution is 5.71. The zero-order chi connectivity index (χ0) is 42.3. The van der Waals surface area contributed by atoms with E-state index in [1.54, 1.807) is 0 Å². The van der Waals surface area contributed by atoms with Gasteiger partial charge in [0.1, 0.15) is 13.2 Å². The fraction of sp³-hybridized carbons (Fsp3) is 0.635. The van der Waals surface area contributed by atoms with Crippen LogP contribution in [-0.2, 0) is 28.6 Å². The average Bonchev–Trinajstić information content (AvgIpc) is 3.22. The van der Waals surface area contributed by atoms with Crippen molar-refractivity contribution in [3.63, 3.8) is 0 Å². The third-order valence-corrected chi connectivity index (χ3v) is 9.29. The number of unbranched alkanes of at least 4 members (excludes halogenated alkanes) is 13. The van der Waals surface area contributed by atoms with Crippen molar-refractivity contribution in [2.24, 2.45) is 0 Å². The van der Waals surface area contributed by atoms with Crippen LogP contribution >= 0.6 is 0 Å². The van der Waals surface area contributed by atoms with Crippen molar-refractivity contribution in [1.29, 1.82) is 0 Å². The highest BCUT2D eigenvalue weighted by Gasteiger charge is 2.19. The van der Waals surface area contributed by atoms with Gasteiger partial charge in [0.25, 0.3) is 0 Å². The number of ether oxygens (including phenoxy) is 3. The maximum atomic E-state index is 12.7. The summed E-state index contributed by atoms with van der Waals surface area (Å²) in [5.41, 5.74) is 0. The Hall–Kier alpha value is -3.67. The van der Waals surface area contributed by atoms with Crippen LogP contribution < -0.4 is 0 Å². The van der Waals surface area contributed by atoms with E-state index in [1.165, 1.54) is 51.4 Å². The Kier molecular flexibility index (Phi) is 43.1. The Morgan fingerprint density at radius 2 is 0.707 bits per heavy atom. The van der Waals surface area contributed by atoms with Crippen LogP contribution in [0.3, 0.4) is 0 Å². The van der Waals surface area contributed by atoms with Crippen LogP contribution in [0.1, 0.15) is 194 Å². The minimum atomic E-state index is -0.821. The molecular formula is C52H84O6. The van der Waals surface area contributed by atoms with Gasteiger partial charge >= 0.3 is 17.9 Å². The standard InChI is InChI=1S/C52H84O6/c1-4-7-10-13-16-19-22-24-25-26-27-28-31-33-36-39-42-45-51(54)57-48-49(47-56-50(53)44-41-38-35-32-29-21-18-15-12-9-6-3)58-52(55)46-43-40-37-34-30-23-20-17-14-11-8-5-2/h8,11,15-20,24-25,27-28,30,33-34,36,49H,4-7,9-10,12-14,21-23,26,29,31-32,35,37-48H2,1-3H3/b11-8-,18-15-,19-16-,20-17-,25-24-,28-27-,34-30-,36-33-. The number of hydrogen-bond acceptors (Lipinski definition) is 6. The molecule has 0 saturated carbocycles. The maximum absolute atomic E-state index is 12.7. The highest BCUT2D eigenvalue weighted by Crippen LogP contribution is 2.11. The molecule has 1 unspecified atom stereocenters. The monoisotopic (exact) mass is 805 g/mol. The van der Waals surface area contributed by atoms with Crippen molar-refractivity contribution in [2.45, 2.75) is 200 Å². The van der Waals surface area contributed by atoms with E-state index in [9.17, 15) is 14.4 Å². The predicted octanol–water partition coefficient (Wildman–Crippen LogP) is 15.0. The zero-order valence-corrected chi connectivity index (χ0v) is 37.3. The van der Waals surface area contributed by atoms with Gasteiger partial charge in [-0.05, 0) is 109 Å². The molecule has 0 aromatic carbocycles. The van der Waals surface area contributed by atoms with Gasteiger partial charge in [-0.2, -0.15) is 0 Å². The van der Waals surface area contributed by atoms with Crippen molar-refractivity contribution in [3.8, 4) is 0 Å². The highest BCUT2D eigenvalue weighted by atomic mass is 16.6. The molecule has 0 saturated heterocycles. The van der Waals surface area contributed by atoms with Gasteiger partial charge in [-0.1, -0.05) is 163 Å². The van der Waals surface area contributed by atoms with Gasteiger partial charge in [-0.25, -0.2) is 0 Å². The van der Waals surface area contributed by atoms with Crippen LogP contribution in [0.2, 0.25) is 0 Å². The first-order chi connectivity index (χ1) is 28.5. The lowest BCUT2D eigenvalue weighted by Gasteiger charge is -2.18. The third-order valence-electron chi connectivity index (χ3n) is 9.29. The Morgan fingerprint density at radius 3 is 1.22 bits per heavy atom. The number of esters is 3. The average molecular weight is 805 g/mol. The number of rotatable bonds is 40. The molecule has 0 heterocycles. The summed E-state index contributed by atoms with van der Waals surface area (Å²) in [4.78, 5) is 37.7. The maximum Gasteiger partial charge on any atom is 0.306 e. The molecule has 0 spiro atoms. The summed E-state index contributed by atoms with van der Waals surface area (Å²) < 4.78 is 16.6. The van der Waals surface area contributed by atoms with Gasteiger partial charge in [0.05, 0.1) is 0 Å². The first-order valence-electron chi connectivity index (χ1n) is 23.2. The zero-order valence-electron chi connectivity index (χ0n) is 37.3. The summed E-state index contributed by atoms with van der Waals surface area (Å²) >= 11 is 0. The van der Waals surface area contributed by atoms with Crippen LogP contribution in [0, 0.1) is 0 Å². The van der Waals surface area contributed by atoms with E-state index in [2.05, 4.69) is 118 Å². The molecule has 0 amide bonds. The molecule has 0 aliphatic rings. The predicted molar refractivity (Wildman–Crippen MR) is 247 cm³/mol. The topological polar surface area (TPSA) is 78.9 Å². The Morgan fingerprint density at radius 1 is 0.362 bits per heavy atom. The van der Waals surface area contributed by atoms with E-state index in [-0.39, 0.29) is 44.0 Å². The summed E-state index contributed by atoms with van der Waals surface area (Å²) in [5.74, 6) is -1.03. The first-order valence-corrected chi connectivity index (χ1v) is 23.2. The molecule has 328 valence electrons. The van der Waals surface area contributed by atoms with Crippen LogP contribution in [0.25, 0.3) is 0 Å². The van der Waals surface area contributed by atoms with E-state index in [4.69, 9.17) is 14.2 Å². The summed E-state index contributed by atoms with van der Waals surface area (Å²) in [6.45, 7) is 6.33. The fourth-order valence-corrected chi connectivity index (χ4v) is 5.78. The van der Waals surface area contributed by atoms with Gasteiger partial charge in [-0.15, -0.1) is 0 Å². The summed E-state index contributed by atoms with van der Waals surface area (Å²) in [5, 5.41) is 0. The lowest BCUT2D eigenvalue weighted by molar-refractivity contribution is -0.167. The minimum absolute atomic E-state index is 0.116. The van der Waals surface area contributed by atoms with Crippen LogP contribution in [-0.4, -0.2) is 37.2 Å². The molecule has 0 fully saturated rings. The summed E-state index contributed by atoms with van der Waals surface area (Å²) in [6.07, 6.45) is 59.7. The molecule has 0 radical (unpaired) electrons. The number of carbonyl (C=O) groups excluding carboxylic acids is 3. The molecule has 0 aliphatic heterocycles. The van der Waals surface area contributed by atoms with E-state index in [0.717, 1.165) is 89.9 Å². The molecule has 0 bridgehead atoms. The number of allylic oxidation sites excluding steroid dienone is 16. The smallest absolute Gasteiger partial charge is 0.306 e. The lowest BCUT2D eigenvalue weighted by Crippen LogP contribution is -2.30. The second-order valence-corrected chi connectivity index (χ2v) is 14.9. The van der Waals surface area contributed by atoms with E-state index >= 15 is 0 Å². The second kappa shape index (κ2) is 46.0. The van der Waals surface area contributed by atoms with Gasteiger partial charge in [-0.3, -0.25) is 14.4 Å². The van der Waals surface area contributed by atoms with Crippen molar-refractivity contribution in [3.05, 3.63) is 97.2 Å². The van der Waals surface area contributed by atoms with Gasteiger partial charge < -0.3 is 14.2 Å². The molecule has 0 aromatic rings. The Labute approximate surface area is 356 Å². The molecule has 0 N–H and O–H groups in total. The fourth-order valence-electron chi connectivity index (χ4n) is 5.78. The number of carbonyl (C=O) groups is 3. The largest absolute Gasteiger partial charge is 0.462 e. The quantitative estimate of drug-likeness (QED) is 0.0266. The van der Waals surface area contributed by atoms with E-state index in [0.29, 0.717) is 19.3 Å². The van der Waals surface area contributed by atoms with Gasteiger partial charge in [0.2, 0.25) is 0 Å². The van der Waals surface area contributed by atoms with E-state index < -0.39 is 6.10 Å². The molecule has 6 nitrogen and oxygen atoms in total. The van der Waals surface area contributed by atoms with Crippen LogP contribution in [0.5, 0.6) is 0 Å². The van der Waals surface area contributed by atoms with Crippen LogP contribution in [0.4, 0.5) is 0 Å². The molecule has 6 heteroatoms. The Balaban J connectivity index is 4.54. The third kappa shape index (κ3) is 43.5. The summed E-state index contributed by atoms with van der Waals surface area (Å²) in [7, 11) is 0. The van der Waals surface area contributed by atoms with Gasteiger partial charge in [0.15, 0.2) is 6.10 Å². The molecule has 58 heavy (non-hydrogen) atoms. The lowest BCUT2D eigenvalue weighted by atomic mass is 10.1. The molecule has 1 atom stereocenters. The number of hydrogen-bond donors (Lipinski definition) is 0. The summed E-state index contributed by atoms with van der Waals surface area (Å²) in [6, 6.07) is 0. The van der Waals surface area contributed by atoms with Crippen molar-refractivity contribution in [1.82, 2.24) is 0 Å². The van der Waals surface area contributed by atoms with Crippen molar-refractivity contribution < 1.29 is 28.6 Å². The Bertz CT molecular complexity index is 1200. The molecule has 0 aliphatic carbocycles. The van der Waals surface area contributed by atoms with Crippen molar-refractivity contribution >= 4 is 17.9 Å². The van der Waals surface area contributed by atoms with Crippen LogP contribution in [0.15, 0.2) is 97.2 Å². The van der Waals surface area contributed by atoms with E-state index in [1.807, 2.05) is 0 Å². The van der Waals surface area contributed by atoms with Gasteiger partial charge in [0, 0.05) is 19.3 Å². The molecule has 0 rings (SSSR count). The van der Waals surface area contributed by atoms with Crippen molar-refractivity contribution in [2.75, 3.05) is 13.2 Å². The molecule has 0 aromatic heterocycles. The minimum Gasteiger partial charge on any atom is -0.462 e. The SMILES string of the molecule is CC/C=C\C/C=C\C/C=C\CCCCC(=O)OC(COC(=O)CCC/C=C\C/C=C\C/C=C\C/C=C\CCCCC)COC(=O)CCCCCCC/C=C\CCCC.